The highest BCUT2D eigenvalue weighted by atomic mass is 32.1. The minimum atomic E-state index is -0.0382. The smallest absolute Gasteiger partial charge is 0.0361 e. The Labute approximate surface area is 272 Å². The third-order valence-electron chi connectivity index (χ3n) is 10.4. The van der Waals surface area contributed by atoms with Crippen LogP contribution in [0.15, 0.2) is 146 Å². The summed E-state index contributed by atoms with van der Waals surface area (Å²) in [6.45, 7) is 4.75. The number of hydrogen-bond acceptors (Lipinski definition) is 1. The van der Waals surface area contributed by atoms with Crippen LogP contribution in [-0.2, 0) is 5.41 Å². The molecular weight excluding hydrogens is 573 g/mol. The first-order valence-electron chi connectivity index (χ1n) is 16.1. The summed E-state index contributed by atoms with van der Waals surface area (Å²) >= 11 is 1.89. The fraction of sp³-hybridized carbons (Fsp3) is 0.0667. The van der Waals surface area contributed by atoms with Crippen molar-refractivity contribution in [3.8, 4) is 33.4 Å². The first-order chi connectivity index (χ1) is 22.6. The first-order valence-corrected chi connectivity index (χ1v) is 16.9. The van der Waals surface area contributed by atoms with Crippen molar-refractivity contribution in [3.63, 3.8) is 0 Å². The molecule has 0 N–H and O–H groups in total. The molecule has 0 radical (unpaired) electrons. The minimum absolute atomic E-state index is 0.0382. The lowest BCUT2D eigenvalue weighted by Crippen LogP contribution is -2.15. The Morgan fingerprint density at radius 2 is 0.957 bits per heavy atom. The largest absolute Gasteiger partial charge is 0.135 e. The molecule has 0 fully saturated rings. The van der Waals surface area contributed by atoms with Crippen LogP contribution in [0.2, 0.25) is 0 Å². The van der Waals surface area contributed by atoms with Gasteiger partial charge in [0.15, 0.2) is 0 Å². The normalized spacial score (nSPS) is 13.6. The Hall–Kier alpha value is -5.24. The molecular formula is C45H30S. The zero-order valence-corrected chi connectivity index (χ0v) is 26.6. The average molecular weight is 603 g/mol. The molecule has 1 aromatic heterocycles. The van der Waals surface area contributed by atoms with Crippen molar-refractivity contribution in [2.75, 3.05) is 0 Å². The van der Waals surface area contributed by atoms with Crippen LogP contribution in [0.1, 0.15) is 25.0 Å². The van der Waals surface area contributed by atoms with Gasteiger partial charge in [0.05, 0.1) is 0 Å². The minimum Gasteiger partial charge on any atom is -0.135 e. The lowest BCUT2D eigenvalue weighted by molar-refractivity contribution is 0.666. The quantitative estimate of drug-likeness (QED) is 0.173. The summed E-state index contributed by atoms with van der Waals surface area (Å²) in [5.41, 5.74) is 10.7. The topological polar surface area (TPSA) is 0 Å². The molecule has 9 aromatic rings. The molecule has 10 rings (SSSR count). The number of fused-ring (bicyclic) bond motifs is 10. The van der Waals surface area contributed by atoms with Gasteiger partial charge < -0.3 is 0 Å². The number of benzene rings is 8. The predicted octanol–water partition coefficient (Wildman–Crippen LogP) is 13.2. The van der Waals surface area contributed by atoms with Gasteiger partial charge in [0.1, 0.15) is 0 Å². The molecule has 8 aromatic carbocycles. The molecule has 0 amide bonds. The van der Waals surface area contributed by atoms with E-state index >= 15 is 0 Å². The van der Waals surface area contributed by atoms with E-state index in [4.69, 9.17) is 0 Å². The lowest BCUT2D eigenvalue weighted by Gasteiger charge is -2.23. The van der Waals surface area contributed by atoms with Crippen LogP contribution in [0.3, 0.4) is 0 Å². The van der Waals surface area contributed by atoms with E-state index in [0.29, 0.717) is 0 Å². The van der Waals surface area contributed by atoms with Crippen molar-refractivity contribution in [3.05, 3.63) is 157 Å². The fourth-order valence-corrected chi connectivity index (χ4v) is 9.56. The summed E-state index contributed by atoms with van der Waals surface area (Å²) in [7, 11) is 0. The van der Waals surface area contributed by atoms with E-state index in [-0.39, 0.29) is 5.41 Å². The van der Waals surface area contributed by atoms with Gasteiger partial charge in [0.25, 0.3) is 0 Å². The Balaban J connectivity index is 1.22. The highest BCUT2D eigenvalue weighted by Gasteiger charge is 2.36. The summed E-state index contributed by atoms with van der Waals surface area (Å²) in [4.78, 5) is 0. The Bertz CT molecular complexity index is 2660. The molecule has 0 nitrogen and oxygen atoms in total. The number of rotatable bonds is 2. The van der Waals surface area contributed by atoms with Gasteiger partial charge in [0.2, 0.25) is 0 Å². The van der Waals surface area contributed by atoms with E-state index in [1.54, 1.807) is 0 Å². The summed E-state index contributed by atoms with van der Waals surface area (Å²) in [5, 5.41) is 10.5. The van der Waals surface area contributed by atoms with E-state index < -0.39 is 0 Å². The second-order valence-corrected chi connectivity index (χ2v) is 14.3. The van der Waals surface area contributed by atoms with Crippen LogP contribution in [-0.4, -0.2) is 0 Å². The zero-order valence-electron chi connectivity index (χ0n) is 25.8. The number of thiophene rings is 1. The van der Waals surface area contributed by atoms with Gasteiger partial charge in [-0.25, -0.2) is 0 Å². The van der Waals surface area contributed by atoms with Crippen LogP contribution >= 0.6 is 11.3 Å². The molecule has 1 heteroatoms. The van der Waals surface area contributed by atoms with E-state index in [9.17, 15) is 0 Å². The molecule has 0 saturated heterocycles. The average Bonchev–Trinajstić information content (AvgIpc) is 3.58. The second kappa shape index (κ2) is 9.39. The monoisotopic (exact) mass is 602 g/mol. The summed E-state index contributed by atoms with van der Waals surface area (Å²) in [5.74, 6) is 0. The van der Waals surface area contributed by atoms with Gasteiger partial charge in [-0.1, -0.05) is 141 Å². The van der Waals surface area contributed by atoms with Gasteiger partial charge in [-0.15, -0.1) is 11.3 Å². The van der Waals surface area contributed by atoms with Gasteiger partial charge in [-0.05, 0) is 95.0 Å². The Kier molecular flexibility index (Phi) is 5.31. The second-order valence-electron chi connectivity index (χ2n) is 13.2. The van der Waals surface area contributed by atoms with Crippen LogP contribution in [0.4, 0.5) is 0 Å². The van der Waals surface area contributed by atoms with E-state index in [2.05, 4.69) is 159 Å². The van der Waals surface area contributed by atoms with Crippen molar-refractivity contribution in [2.24, 2.45) is 0 Å². The summed E-state index contributed by atoms with van der Waals surface area (Å²) in [6, 6.07) is 54.5. The van der Waals surface area contributed by atoms with Gasteiger partial charge in [0, 0.05) is 25.6 Å². The predicted molar refractivity (Wildman–Crippen MR) is 200 cm³/mol. The number of hydrogen-bond donors (Lipinski definition) is 0. The molecule has 216 valence electrons. The standard InChI is InChI=1S/C45H30S/c1-45(2)39-17-9-7-11-31(39)38-24-19-27-25-28(20-22-30(27)44(38)45)42-34-13-3-5-15-36(34)43(37-16-6-4-14-35(37)42)29-21-23-33-32-12-8-10-18-40(32)46-41(33)26-29/h3-26H,1-2H3. The fourth-order valence-electron chi connectivity index (χ4n) is 8.41. The maximum absolute atomic E-state index is 2.42. The van der Waals surface area contributed by atoms with Crippen LogP contribution < -0.4 is 0 Å². The Morgan fingerprint density at radius 1 is 0.413 bits per heavy atom. The highest BCUT2D eigenvalue weighted by Crippen LogP contribution is 2.52. The van der Waals surface area contributed by atoms with Crippen molar-refractivity contribution >= 4 is 63.8 Å². The maximum Gasteiger partial charge on any atom is 0.0361 e. The molecule has 0 unspecified atom stereocenters. The van der Waals surface area contributed by atoms with Gasteiger partial charge in [-0.3, -0.25) is 0 Å². The van der Waals surface area contributed by atoms with Crippen LogP contribution in [0.5, 0.6) is 0 Å². The molecule has 0 saturated carbocycles. The molecule has 0 atom stereocenters. The SMILES string of the molecule is CC1(C)c2ccccc2-c2ccc3cc(-c4c5ccccc5c(-c5ccc6c(c5)sc5ccccc56)c5ccccc45)ccc3c21. The van der Waals surface area contributed by atoms with Crippen molar-refractivity contribution in [1.29, 1.82) is 0 Å². The molecule has 1 heterocycles. The molecule has 0 aliphatic heterocycles. The Morgan fingerprint density at radius 3 is 1.65 bits per heavy atom. The van der Waals surface area contributed by atoms with Crippen molar-refractivity contribution in [1.82, 2.24) is 0 Å². The highest BCUT2D eigenvalue weighted by molar-refractivity contribution is 7.25. The lowest BCUT2D eigenvalue weighted by atomic mass is 9.79. The molecule has 1 aliphatic rings. The molecule has 0 bridgehead atoms. The zero-order chi connectivity index (χ0) is 30.6. The van der Waals surface area contributed by atoms with Crippen LogP contribution in [0, 0.1) is 0 Å². The summed E-state index contributed by atoms with van der Waals surface area (Å²) < 4.78 is 2.68. The van der Waals surface area contributed by atoms with E-state index in [0.717, 1.165) is 0 Å². The maximum atomic E-state index is 2.42. The summed E-state index contributed by atoms with van der Waals surface area (Å²) in [6.07, 6.45) is 0. The first kappa shape index (κ1) is 26.0. The van der Waals surface area contributed by atoms with Gasteiger partial charge >= 0.3 is 0 Å². The van der Waals surface area contributed by atoms with Crippen molar-refractivity contribution < 1.29 is 0 Å². The van der Waals surface area contributed by atoms with Crippen molar-refractivity contribution in [2.45, 2.75) is 19.3 Å². The van der Waals surface area contributed by atoms with E-state index in [1.807, 2.05) is 11.3 Å². The van der Waals surface area contributed by atoms with Crippen LogP contribution in [0.25, 0.3) is 85.9 Å². The third-order valence-corrected chi connectivity index (χ3v) is 11.6. The van der Waals surface area contributed by atoms with E-state index in [1.165, 1.54) is 97.0 Å². The molecule has 46 heavy (non-hydrogen) atoms. The van der Waals surface area contributed by atoms with Gasteiger partial charge in [-0.2, -0.15) is 0 Å². The molecule has 0 spiro atoms. The third kappa shape index (κ3) is 3.49. The molecule has 1 aliphatic carbocycles.